The van der Waals surface area contributed by atoms with E-state index in [2.05, 4.69) is 6.07 Å². The summed E-state index contributed by atoms with van der Waals surface area (Å²) in [5, 5.41) is 9.26. The first-order valence-corrected chi connectivity index (χ1v) is 11.6. The molecule has 3 aliphatic heterocycles. The lowest BCUT2D eigenvalue weighted by Gasteiger charge is -2.38. The van der Waals surface area contributed by atoms with E-state index in [1.165, 1.54) is 4.90 Å². The Labute approximate surface area is 194 Å². The van der Waals surface area contributed by atoms with Gasteiger partial charge in [-0.2, -0.15) is 5.26 Å². The van der Waals surface area contributed by atoms with Crippen LogP contribution in [-0.2, 0) is 9.59 Å². The first-order valence-electron chi connectivity index (χ1n) is 11.6. The summed E-state index contributed by atoms with van der Waals surface area (Å²) in [6.07, 6.45) is 2.22. The molecule has 0 radical (unpaired) electrons. The number of piperazine rings is 1. The first-order chi connectivity index (χ1) is 15.7. The van der Waals surface area contributed by atoms with Crippen LogP contribution in [0.1, 0.15) is 48.1 Å². The highest BCUT2D eigenvalue weighted by Gasteiger charge is 2.51. The summed E-state index contributed by atoms with van der Waals surface area (Å²) in [6.45, 7) is 3.54. The molecule has 1 aromatic carbocycles. The molecule has 2 N–H and O–H groups in total. The van der Waals surface area contributed by atoms with Crippen LogP contribution in [0.4, 0.5) is 0 Å². The molecule has 3 fully saturated rings. The van der Waals surface area contributed by atoms with Crippen LogP contribution in [0.15, 0.2) is 24.3 Å². The summed E-state index contributed by atoms with van der Waals surface area (Å²) < 4.78 is 0. The maximum absolute atomic E-state index is 13.3. The van der Waals surface area contributed by atoms with Crippen molar-refractivity contribution in [1.29, 1.82) is 5.26 Å². The lowest BCUT2D eigenvalue weighted by Crippen LogP contribution is -2.56. The molecule has 0 spiro atoms. The Morgan fingerprint density at radius 3 is 2.76 bits per heavy atom. The zero-order chi connectivity index (χ0) is 23.9. The molecule has 3 amide bonds. The Balaban J connectivity index is 1.41. The molecule has 5 atom stereocenters. The van der Waals surface area contributed by atoms with Gasteiger partial charge in [-0.1, -0.05) is 12.1 Å². The van der Waals surface area contributed by atoms with Gasteiger partial charge in [-0.3, -0.25) is 19.3 Å². The van der Waals surface area contributed by atoms with Gasteiger partial charge in [-0.15, -0.1) is 0 Å². The zero-order valence-electron chi connectivity index (χ0n) is 19.5. The van der Waals surface area contributed by atoms with Crippen LogP contribution < -0.4 is 5.73 Å². The summed E-state index contributed by atoms with van der Waals surface area (Å²) in [5.41, 5.74) is 7.75. The Morgan fingerprint density at radius 2 is 2.09 bits per heavy atom. The highest BCUT2D eigenvalue weighted by Crippen LogP contribution is 2.38. The van der Waals surface area contributed by atoms with E-state index in [-0.39, 0.29) is 35.8 Å². The molecule has 1 unspecified atom stereocenters. The molecule has 0 aromatic heterocycles. The Morgan fingerprint density at radius 1 is 1.33 bits per heavy atom. The number of carbonyl (C=O) groups is 3. The minimum Gasteiger partial charge on any atom is -0.345 e. The van der Waals surface area contributed by atoms with Crippen LogP contribution in [0, 0.1) is 11.3 Å². The van der Waals surface area contributed by atoms with E-state index >= 15 is 0 Å². The fourth-order valence-electron chi connectivity index (χ4n) is 5.46. The van der Waals surface area contributed by atoms with Gasteiger partial charge in [-0.05, 0) is 43.9 Å². The van der Waals surface area contributed by atoms with Crippen molar-refractivity contribution in [2.45, 2.75) is 56.4 Å². The molecular formula is C24H32N6O3. The molecular weight excluding hydrogens is 420 g/mol. The van der Waals surface area contributed by atoms with Crippen molar-refractivity contribution in [2.75, 3.05) is 33.7 Å². The van der Waals surface area contributed by atoms with E-state index in [4.69, 9.17) is 5.73 Å². The van der Waals surface area contributed by atoms with E-state index < -0.39 is 12.1 Å². The maximum atomic E-state index is 13.3. The average Bonchev–Trinajstić information content (AvgIpc) is 3.52. The van der Waals surface area contributed by atoms with Crippen LogP contribution in [0.3, 0.4) is 0 Å². The SMILES string of the molecule is C[C@@H](c1cccc(C(=O)N(C)C)c1)N1C(=O)[C@H]2CC1CN2C[C@H](N)C(=O)N1CCC[C@H]1C#N. The van der Waals surface area contributed by atoms with Crippen molar-refractivity contribution in [3.63, 3.8) is 0 Å². The number of nitriles is 1. The minimum atomic E-state index is -0.745. The first kappa shape index (κ1) is 23.2. The minimum absolute atomic E-state index is 0.0406. The van der Waals surface area contributed by atoms with Gasteiger partial charge in [0, 0.05) is 45.3 Å². The second kappa shape index (κ2) is 9.12. The van der Waals surface area contributed by atoms with Gasteiger partial charge in [-0.25, -0.2) is 0 Å². The van der Waals surface area contributed by atoms with Crippen LogP contribution in [0.5, 0.6) is 0 Å². The predicted octanol–water partition coefficient (Wildman–Crippen LogP) is 0.576. The van der Waals surface area contributed by atoms with E-state index in [1.54, 1.807) is 25.1 Å². The summed E-state index contributed by atoms with van der Waals surface area (Å²) in [4.78, 5) is 45.4. The second-order valence-electron chi connectivity index (χ2n) is 9.53. The molecule has 1 aromatic rings. The number of hydrogen-bond donors (Lipinski definition) is 1. The van der Waals surface area contributed by atoms with Crippen LogP contribution in [-0.4, -0.2) is 95.2 Å². The van der Waals surface area contributed by atoms with Gasteiger partial charge < -0.3 is 20.4 Å². The fourth-order valence-corrected chi connectivity index (χ4v) is 5.46. The molecule has 3 aliphatic rings. The lowest BCUT2D eigenvalue weighted by molar-refractivity contribution is -0.140. The van der Waals surface area contributed by atoms with Gasteiger partial charge >= 0.3 is 0 Å². The zero-order valence-corrected chi connectivity index (χ0v) is 19.5. The molecule has 3 saturated heterocycles. The molecule has 2 bridgehead atoms. The normalized spacial score (nSPS) is 26.4. The smallest absolute Gasteiger partial charge is 0.253 e. The number of likely N-dealkylation sites (tertiary alicyclic amines) is 3. The van der Waals surface area contributed by atoms with E-state index in [0.717, 1.165) is 12.0 Å². The number of amides is 3. The largest absolute Gasteiger partial charge is 0.345 e. The van der Waals surface area contributed by atoms with Gasteiger partial charge in [0.05, 0.1) is 24.2 Å². The molecule has 176 valence electrons. The highest BCUT2D eigenvalue weighted by molar-refractivity contribution is 5.94. The average molecular weight is 453 g/mol. The third-order valence-electron chi connectivity index (χ3n) is 7.19. The van der Waals surface area contributed by atoms with E-state index in [0.29, 0.717) is 38.0 Å². The molecule has 0 saturated carbocycles. The summed E-state index contributed by atoms with van der Waals surface area (Å²) >= 11 is 0. The third kappa shape index (κ3) is 4.21. The molecule has 4 rings (SSSR count). The van der Waals surface area contributed by atoms with Crippen molar-refractivity contribution in [3.05, 3.63) is 35.4 Å². The van der Waals surface area contributed by atoms with Crippen molar-refractivity contribution in [2.24, 2.45) is 5.73 Å². The van der Waals surface area contributed by atoms with Crippen molar-refractivity contribution in [3.8, 4) is 6.07 Å². The fraction of sp³-hybridized carbons (Fsp3) is 0.583. The molecule has 9 nitrogen and oxygen atoms in total. The van der Waals surface area contributed by atoms with Crippen molar-refractivity contribution in [1.82, 2.24) is 19.6 Å². The molecule has 3 heterocycles. The number of nitrogens with two attached hydrogens (primary N) is 1. The number of fused-ring (bicyclic) bond motifs is 2. The quantitative estimate of drug-likeness (QED) is 0.675. The number of rotatable bonds is 6. The van der Waals surface area contributed by atoms with Gasteiger partial charge in [0.2, 0.25) is 11.8 Å². The number of hydrogen-bond acceptors (Lipinski definition) is 6. The van der Waals surface area contributed by atoms with Gasteiger partial charge in [0.25, 0.3) is 5.91 Å². The number of nitrogens with zero attached hydrogens (tertiary/aromatic N) is 5. The molecule has 0 aliphatic carbocycles. The van der Waals surface area contributed by atoms with Crippen molar-refractivity contribution < 1.29 is 14.4 Å². The standard InChI is InChI=1S/C24H32N6O3/c1-15(16-6-4-7-17(10-16)22(31)27(2)3)30-19-11-21(24(30)33)28(13-19)14-20(26)23(32)29-9-5-8-18(29)12-25/h4,6-7,10,15,18-21H,5,8-9,11,13-14,26H2,1-3H3/t15-,18-,19?,20-,21+/m0/s1. The Kier molecular flexibility index (Phi) is 6.41. The summed E-state index contributed by atoms with van der Waals surface area (Å²) in [5.74, 6) is -0.236. The topological polar surface area (TPSA) is 114 Å². The summed E-state index contributed by atoms with van der Waals surface area (Å²) in [7, 11) is 3.44. The maximum Gasteiger partial charge on any atom is 0.253 e. The van der Waals surface area contributed by atoms with Gasteiger partial charge in [0.15, 0.2) is 0 Å². The summed E-state index contributed by atoms with van der Waals surface area (Å²) in [6, 6.07) is 8.10. The Hall–Kier alpha value is -2.96. The second-order valence-corrected chi connectivity index (χ2v) is 9.53. The predicted molar refractivity (Wildman–Crippen MR) is 122 cm³/mol. The number of benzene rings is 1. The van der Waals surface area contributed by atoms with Gasteiger partial charge in [0.1, 0.15) is 6.04 Å². The van der Waals surface area contributed by atoms with Crippen molar-refractivity contribution >= 4 is 17.7 Å². The van der Waals surface area contributed by atoms with Crippen LogP contribution >= 0.6 is 0 Å². The number of carbonyl (C=O) groups excluding carboxylic acids is 3. The van der Waals surface area contributed by atoms with E-state index in [9.17, 15) is 19.6 Å². The van der Waals surface area contributed by atoms with Crippen LogP contribution in [0.25, 0.3) is 0 Å². The molecule has 33 heavy (non-hydrogen) atoms. The monoisotopic (exact) mass is 452 g/mol. The Bertz CT molecular complexity index is 989. The molecule has 9 heteroatoms. The highest BCUT2D eigenvalue weighted by atomic mass is 16.2. The lowest BCUT2D eigenvalue weighted by atomic mass is 10.0. The van der Waals surface area contributed by atoms with Crippen LogP contribution in [0.2, 0.25) is 0 Å². The van der Waals surface area contributed by atoms with E-state index in [1.807, 2.05) is 34.9 Å². The third-order valence-corrected chi connectivity index (χ3v) is 7.19.